The van der Waals surface area contributed by atoms with Crippen molar-refractivity contribution < 1.29 is 9.59 Å². The van der Waals surface area contributed by atoms with Crippen molar-refractivity contribution in [1.29, 1.82) is 0 Å². The molecule has 4 amide bonds. The number of hydrogen-bond donors (Lipinski definition) is 1. The molecule has 2 aliphatic rings. The topological polar surface area (TPSA) is 55.9 Å². The van der Waals surface area contributed by atoms with Crippen LogP contribution in [0.3, 0.4) is 0 Å². The molecule has 164 valence electrons. The number of carbonyl (C=O) groups is 2. The minimum Gasteiger partial charge on any atom is -0.324 e. The number of hydrogen-bond acceptors (Lipinski definition) is 2. The Hall–Kier alpha value is -3.02. The van der Waals surface area contributed by atoms with E-state index < -0.39 is 0 Å². The number of carbonyl (C=O) groups excluding carboxylic acids is 2. The van der Waals surface area contributed by atoms with Crippen molar-refractivity contribution in [2.75, 3.05) is 31.5 Å². The molecule has 6 nitrogen and oxygen atoms in total. The average molecular weight is 421 g/mol. The lowest BCUT2D eigenvalue weighted by Gasteiger charge is -2.36. The minimum atomic E-state index is -0.0481. The third-order valence-corrected chi connectivity index (χ3v) is 6.45. The molecular formula is C25H32N4O2. The molecule has 31 heavy (non-hydrogen) atoms. The molecule has 0 saturated carbocycles. The number of nitrogens with one attached hydrogen (secondary N) is 1. The Kier molecular flexibility index (Phi) is 6.44. The van der Waals surface area contributed by atoms with Gasteiger partial charge in [0.15, 0.2) is 0 Å². The summed E-state index contributed by atoms with van der Waals surface area (Å²) in [5.41, 5.74) is 4.42. The fraction of sp³-hybridized carbons (Fsp3) is 0.440. The summed E-state index contributed by atoms with van der Waals surface area (Å²) in [6.07, 6.45) is 2.54. The quantitative estimate of drug-likeness (QED) is 0.775. The zero-order valence-corrected chi connectivity index (χ0v) is 18.5. The predicted molar refractivity (Wildman–Crippen MR) is 123 cm³/mol. The Morgan fingerprint density at radius 1 is 1.00 bits per heavy atom. The molecule has 2 aromatic rings. The molecule has 2 heterocycles. The number of aryl methyl sites for hydroxylation is 2. The first-order valence-corrected chi connectivity index (χ1v) is 11.3. The smallest absolute Gasteiger partial charge is 0.321 e. The second kappa shape index (κ2) is 9.41. The fourth-order valence-corrected chi connectivity index (χ4v) is 4.53. The lowest BCUT2D eigenvalue weighted by atomic mass is 10.0. The number of likely N-dealkylation sites (tertiary alicyclic amines) is 1. The van der Waals surface area contributed by atoms with Crippen LogP contribution in [0.2, 0.25) is 0 Å². The second-order valence-electron chi connectivity index (χ2n) is 8.54. The van der Waals surface area contributed by atoms with Crippen LogP contribution < -0.4 is 5.32 Å². The summed E-state index contributed by atoms with van der Waals surface area (Å²) in [5.74, 6) is 0. The first-order valence-electron chi connectivity index (χ1n) is 11.3. The first-order chi connectivity index (χ1) is 15.0. The number of anilines is 1. The van der Waals surface area contributed by atoms with E-state index in [0.29, 0.717) is 19.6 Å². The van der Waals surface area contributed by atoms with E-state index in [1.54, 1.807) is 0 Å². The van der Waals surface area contributed by atoms with Crippen LogP contribution in [0.1, 0.15) is 36.5 Å². The molecule has 6 heteroatoms. The van der Waals surface area contributed by atoms with Crippen molar-refractivity contribution in [1.82, 2.24) is 14.7 Å². The summed E-state index contributed by atoms with van der Waals surface area (Å²) in [4.78, 5) is 31.5. The Labute approximate surface area is 184 Å². The number of para-hydroxylation sites is 1. The van der Waals surface area contributed by atoms with Gasteiger partial charge in [-0.15, -0.1) is 0 Å². The third kappa shape index (κ3) is 4.84. The van der Waals surface area contributed by atoms with Crippen molar-refractivity contribution in [3.8, 4) is 0 Å². The molecule has 2 aromatic carbocycles. The Bertz CT molecular complexity index is 919. The van der Waals surface area contributed by atoms with E-state index in [9.17, 15) is 9.59 Å². The van der Waals surface area contributed by atoms with Gasteiger partial charge in [0.05, 0.1) is 0 Å². The molecule has 0 atom stereocenters. The lowest BCUT2D eigenvalue weighted by Crippen LogP contribution is -2.49. The van der Waals surface area contributed by atoms with Gasteiger partial charge >= 0.3 is 12.1 Å². The highest BCUT2D eigenvalue weighted by molar-refractivity contribution is 5.90. The number of nitrogens with zero attached hydrogens (tertiary/aromatic N) is 3. The van der Waals surface area contributed by atoms with E-state index in [2.05, 4.69) is 43.4 Å². The molecular weight excluding hydrogens is 388 g/mol. The van der Waals surface area contributed by atoms with Gasteiger partial charge in [0, 0.05) is 44.5 Å². The van der Waals surface area contributed by atoms with Crippen molar-refractivity contribution in [3.05, 3.63) is 65.2 Å². The summed E-state index contributed by atoms with van der Waals surface area (Å²) in [5, 5.41) is 3.06. The van der Waals surface area contributed by atoms with Gasteiger partial charge in [-0.1, -0.05) is 55.0 Å². The van der Waals surface area contributed by atoms with Crippen LogP contribution in [0, 0.1) is 6.92 Å². The van der Waals surface area contributed by atoms with E-state index in [4.69, 9.17) is 0 Å². The lowest BCUT2D eigenvalue weighted by molar-refractivity contribution is 0.139. The summed E-state index contributed by atoms with van der Waals surface area (Å²) < 4.78 is 0. The van der Waals surface area contributed by atoms with Crippen molar-refractivity contribution >= 4 is 17.7 Å². The van der Waals surface area contributed by atoms with Gasteiger partial charge in [-0.3, -0.25) is 0 Å². The molecule has 0 aromatic heterocycles. The van der Waals surface area contributed by atoms with Crippen LogP contribution in [0.4, 0.5) is 15.3 Å². The van der Waals surface area contributed by atoms with Gasteiger partial charge in [-0.2, -0.15) is 0 Å². The number of urea groups is 2. The van der Waals surface area contributed by atoms with Crippen LogP contribution in [0.5, 0.6) is 0 Å². The van der Waals surface area contributed by atoms with Crippen LogP contribution in [-0.4, -0.2) is 59.0 Å². The summed E-state index contributed by atoms with van der Waals surface area (Å²) in [6.45, 7) is 7.70. The van der Waals surface area contributed by atoms with Crippen molar-refractivity contribution in [2.24, 2.45) is 0 Å². The molecule has 0 bridgehead atoms. The Morgan fingerprint density at radius 2 is 1.71 bits per heavy atom. The molecule has 1 N–H and O–H groups in total. The zero-order valence-electron chi connectivity index (χ0n) is 18.5. The highest BCUT2D eigenvalue weighted by Crippen LogP contribution is 2.24. The van der Waals surface area contributed by atoms with Gasteiger partial charge in [-0.25, -0.2) is 9.59 Å². The van der Waals surface area contributed by atoms with E-state index in [1.165, 1.54) is 11.1 Å². The maximum Gasteiger partial charge on any atom is 0.321 e. The predicted octanol–water partition coefficient (Wildman–Crippen LogP) is 4.49. The summed E-state index contributed by atoms with van der Waals surface area (Å²) >= 11 is 0. The largest absolute Gasteiger partial charge is 0.324 e. The fourth-order valence-electron chi connectivity index (χ4n) is 4.53. The maximum absolute atomic E-state index is 13.0. The number of piperidine rings is 1. The van der Waals surface area contributed by atoms with Crippen LogP contribution >= 0.6 is 0 Å². The van der Waals surface area contributed by atoms with E-state index in [0.717, 1.165) is 43.6 Å². The average Bonchev–Trinajstić information content (AvgIpc) is 3.15. The van der Waals surface area contributed by atoms with Gasteiger partial charge in [-0.05, 0) is 43.4 Å². The zero-order chi connectivity index (χ0) is 21.8. The molecule has 0 aliphatic carbocycles. The number of benzene rings is 2. The molecule has 2 saturated heterocycles. The monoisotopic (exact) mass is 420 g/mol. The summed E-state index contributed by atoms with van der Waals surface area (Å²) in [6, 6.07) is 16.6. The number of rotatable bonds is 5. The molecule has 0 spiro atoms. The van der Waals surface area contributed by atoms with E-state index in [1.807, 2.05) is 39.0 Å². The highest BCUT2D eigenvalue weighted by Gasteiger charge is 2.36. The number of amides is 4. The first kappa shape index (κ1) is 21.2. The van der Waals surface area contributed by atoms with E-state index in [-0.39, 0.29) is 18.1 Å². The van der Waals surface area contributed by atoms with Crippen LogP contribution in [0.15, 0.2) is 48.5 Å². The van der Waals surface area contributed by atoms with Gasteiger partial charge in [0.25, 0.3) is 0 Å². The Balaban J connectivity index is 1.29. The molecule has 4 rings (SSSR count). The second-order valence-corrected chi connectivity index (χ2v) is 8.54. The van der Waals surface area contributed by atoms with Crippen LogP contribution in [0.25, 0.3) is 0 Å². The normalized spacial score (nSPS) is 17.4. The van der Waals surface area contributed by atoms with Crippen molar-refractivity contribution in [2.45, 2.75) is 45.7 Å². The van der Waals surface area contributed by atoms with Gasteiger partial charge in [0.1, 0.15) is 0 Å². The summed E-state index contributed by atoms with van der Waals surface area (Å²) in [7, 11) is 0. The third-order valence-electron chi connectivity index (χ3n) is 6.45. The minimum absolute atomic E-state index is 0.0481. The van der Waals surface area contributed by atoms with Gasteiger partial charge in [0.2, 0.25) is 0 Å². The SMILES string of the molecule is CCc1ccccc1NC(=O)N1CCC(N2CCN(Cc3ccc(C)cc3)C2=O)CC1. The molecule has 0 unspecified atom stereocenters. The molecule has 2 aliphatic heterocycles. The van der Waals surface area contributed by atoms with Crippen molar-refractivity contribution in [3.63, 3.8) is 0 Å². The maximum atomic E-state index is 13.0. The highest BCUT2D eigenvalue weighted by atomic mass is 16.2. The van der Waals surface area contributed by atoms with E-state index >= 15 is 0 Å². The molecule has 2 fully saturated rings. The Morgan fingerprint density at radius 3 is 2.42 bits per heavy atom. The standard InChI is InChI=1S/C25H32N4O2/c1-3-21-6-4-5-7-23(21)26-24(30)27-14-12-22(13-15-27)29-17-16-28(25(29)31)18-20-10-8-19(2)9-11-20/h4-11,22H,3,12-18H2,1-2H3,(H,26,30). The van der Waals surface area contributed by atoms with Crippen LogP contribution in [-0.2, 0) is 13.0 Å². The molecule has 0 radical (unpaired) electrons. The van der Waals surface area contributed by atoms with Gasteiger partial charge < -0.3 is 20.0 Å².